The number of hydrogen-bond donors (Lipinski definition) is 2. The Bertz CT molecular complexity index is 476. The highest BCUT2D eigenvalue weighted by Crippen LogP contribution is 2.17. The molecule has 1 aliphatic carbocycles. The molecule has 1 amide bonds. The van der Waals surface area contributed by atoms with Crippen molar-refractivity contribution in [2.24, 2.45) is 5.73 Å². The van der Waals surface area contributed by atoms with Gasteiger partial charge in [-0.05, 0) is 25.7 Å². The smallest absolute Gasteiger partial charge is 0.230 e. The number of nitrogens with two attached hydrogens (primary N) is 1. The molecule has 1 aromatic rings. The molecule has 2 rings (SSSR count). The van der Waals surface area contributed by atoms with Crippen LogP contribution in [0.25, 0.3) is 0 Å². The molecule has 1 aromatic carbocycles. The van der Waals surface area contributed by atoms with Crippen LogP contribution in [0.5, 0.6) is 0 Å². The lowest BCUT2D eigenvalue weighted by Crippen LogP contribution is -2.41. The summed E-state index contributed by atoms with van der Waals surface area (Å²) in [6.07, 6.45) is 3.87. The van der Waals surface area contributed by atoms with Crippen molar-refractivity contribution in [3.8, 4) is 0 Å². The number of carbonyl (C=O) groups excluding carboxylic acids is 2. The quantitative estimate of drug-likeness (QED) is 0.779. The second kappa shape index (κ2) is 9.87. The normalized spacial score (nSPS) is 20.8. The van der Waals surface area contributed by atoms with Gasteiger partial charge in [0.15, 0.2) is 5.78 Å². The summed E-state index contributed by atoms with van der Waals surface area (Å²) in [5, 5.41) is 3.03. The number of halogens is 1. The standard InChI is InChI=1S/C16H22N2O2S.ClH/c17-13-6-8-14(9-7-13)18-16(20)11-21-10-15(19)12-4-2-1-3-5-12;/h1-5,13-14H,6-11,17H2,(H,18,20);1H. The minimum atomic E-state index is 0. The lowest BCUT2D eigenvalue weighted by atomic mass is 9.92. The number of benzene rings is 1. The predicted molar refractivity (Wildman–Crippen MR) is 93.7 cm³/mol. The van der Waals surface area contributed by atoms with Crippen molar-refractivity contribution in [2.45, 2.75) is 37.8 Å². The van der Waals surface area contributed by atoms with E-state index in [1.807, 2.05) is 18.2 Å². The van der Waals surface area contributed by atoms with E-state index in [4.69, 9.17) is 5.73 Å². The van der Waals surface area contributed by atoms with Gasteiger partial charge in [0.05, 0.1) is 11.5 Å². The highest BCUT2D eigenvalue weighted by Gasteiger charge is 2.19. The van der Waals surface area contributed by atoms with Gasteiger partial charge in [-0.3, -0.25) is 9.59 Å². The Morgan fingerprint density at radius 1 is 1.09 bits per heavy atom. The SMILES string of the molecule is Cl.NC1CCC(NC(=O)CSCC(=O)c2ccccc2)CC1. The zero-order valence-electron chi connectivity index (χ0n) is 12.5. The Kier molecular flexibility index (Phi) is 8.53. The highest BCUT2D eigenvalue weighted by molar-refractivity contribution is 8.00. The van der Waals surface area contributed by atoms with E-state index in [1.165, 1.54) is 11.8 Å². The number of nitrogens with one attached hydrogen (secondary N) is 1. The van der Waals surface area contributed by atoms with Gasteiger partial charge in [0.25, 0.3) is 0 Å². The van der Waals surface area contributed by atoms with Crippen LogP contribution in [-0.4, -0.2) is 35.3 Å². The van der Waals surface area contributed by atoms with Crippen molar-refractivity contribution >= 4 is 35.9 Å². The summed E-state index contributed by atoms with van der Waals surface area (Å²) in [5.74, 6) is 0.757. The monoisotopic (exact) mass is 342 g/mol. The first-order valence-electron chi connectivity index (χ1n) is 7.36. The van der Waals surface area contributed by atoms with Crippen LogP contribution >= 0.6 is 24.2 Å². The van der Waals surface area contributed by atoms with E-state index in [0.29, 0.717) is 17.1 Å². The van der Waals surface area contributed by atoms with E-state index in [2.05, 4.69) is 5.32 Å². The minimum Gasteiger partial charge on any atom is -0.353 e. The lowest BCUT2D eigenvalue weighted by Gasteiger charge is -2.26. The predicted octanol–water partition coefficient (Wildman–Crippen LogP) is 2.41. The van der Waals surface area contributed by atoms with Crippen molar-refractivity contribution in [1.29, 1.82) is 0 Å². The molecule has 0 aromatic heterocycles. The molecule has 0 saturated heterocycles. The summed E-state index contributed by atoms with van der Waals surface area (Å²) in [4.78, 5) is 23.7. The molecular weight excluding hydrogens is 320 g/mol. The van der Waals surface area contributed by atoms with Crippen LogP contribution in [0.15, 0.2) is 30.3 Å². The molecule has 1 saturated carbocycles. The second-order valence-corrected chi connectivity index (χ2v) is 6.45. The van der Waals surface area contributed by atoms with Crippen LogP contribution in [-0.2, 0) is 4.79 Å². The van der Waals surface area contributed by atoms with Gasteiger partial charge in [-0.2, -0.15) is 0 Å². The number of Topliss-reactive ketones (excluding diaryl/α,β-unsaturated/α-hetero) is 1. The van der Waals surface area contributed by atoms with Gasteiger partial charge >= 0.3 is 0 Å². The third-order valence-electron chi connectivity index (χ3n) is 3.70. The third-order valence-corrected chi connectivity index (χ3v) is 4.63. The van der Waals surface area contributed by atoms with E-state index >= 15 is 0 Å². The molecule has 3 N–H and O–H groups in total. The van der Waals surface area contributed by atoms with E-state index in [9.17, 15) is 9.59 Å². The summed E-state index contributed by atoms with van der Waals surface area (Å²) in [6.45, 7) is 0. The van der Waals surface area contributed by atoms with Crippen molar-refractivity contribution in [3.05, 3.63) is 35.9 Å². The van der Waals surface area contributed by atoms with Crippen LogP contribution in [0.4, 0.5) is 0 Å². The fourth-order valence-corrected chi connectivity index (χ4v) is 3.20. The molecule has 0 bridgehead atoms. The molecule has 6 heteroatoms. The average Bonchev–Trinajstić information content (AvgIpc) is 2.50. The maximum atomic E-state index is 11.9. The maximum Gasteiger partial charge on any atom is 0.230 e. The van der Waals surface area contributed by atoms with Crippen LogP contribution in [0.1, 0.15) is 36.0 Å². The molecule has 0 unspecified atom stereocenters. The van der Waals surface area contributed by atoms with Crippen LogP contribution in [0.3, 0.4) is 0 Å². The van der Waals surface area contributed by atoms with E-state index < -0.39 is 0 Å². The third kappa shape index (κ3) is 6.38. The Balaban J connectivity index is 0.00000242. The topological polar surface area (TPSA) is 72.2 Å². The number of hydrogen-bond acceptors (Lipinski definition) is 4. The van der Waals surface area contributed by atoms with E-state index in [0.717, 1.165) is 25.7 Å². The summed E-state index contributed by atoms with van der Waals surface area (Å²) >= 11 is 1.37. The number of ketones is 1. The number of thioether (sulfide) groups is 1. The van der Waals surface area contributed by atoms with Gasteiger partial charge in [0, 0.05) is 17.6 Å². The average molecular weight is 343 g/mol. The van der Waals surface area contributed by atoms with Crippen LogP contribution < -0.4 is 11.1 Å². The lowest BCUT2D eigenvalue weighted by molar-refractivity contribution is -0.119. The highest BCUT2D eigenvalue weighted by atomic mass is 35.5. The van der Waals surface area contributed by atoms with E-state index in [1.54, 1.807) is 12.1 Å². The number of carbonyl (C=O) groups is 2. The molecule has 0 atom stereocenters. The Morgan fingerprint density at radius 3 is 2.36 bits per heavy atom. The van der Waals surface area contributed by atoms with E-state index in [-0.39, 0.29) is 36.2 Å². The molecule has 0 aliphatic heterocycles. The molecule has 0 heterocycles. The van der Waals surface area contributed by atoms with Crippen LogP contribution in [0.2, 0.25) is 0 Å². The molecule has 0 spiro atoms. The zero-order valence-corrected chi connectivity index (χ0v) is 14.1. The summed E-state index contributed by atoms with van der Waals surface area (Å²) in [6, 6.07) is 9.71. The largest absolute Gasteiger partial charge is 0.353 e. The van der Waals surface area contributed by atoms with Gasteiger partial charge in [-0.15, -0.1) is 24.2 Å². The molecule has 4 nitrogen and oxygen atoms in total. The summed E-state index contributed by atoms with van der Waals surface area (Å²) in [7, 11) is 0. The second-order valence-electron chi connectivity index (χ2n) is 5.46. The molecule has 1 aliphatic rings. The fraction of sp³-hybridized carbons (Fsp3) is 0.500. The first-order chi connectivity index (χ1) is 10.1. The molecule has 122 valence electrons. The Hall–Kier alpha value is -1.04. The molecule has 0 radical (unpaired) electrons. The van der Waals surface area contributed by atoms with Gasteiger partial charge in [0.1, 0.15) is 0 Å². The van der Waals surface area contributed by atoms with Crippen molar-refractivity contribution < 1.29 is 9.59 Å². The summed E-state index contributed by atoms with van der Waals surface area (Å²) < 4.78 is 0. The van der Waals surface area contributed by atoms with Gasteiger partial charge in [-0.25, -0.2) is 0 Å². The van der Waals surface area contributed by atoms with Gasteiger partial charge in [-0.1, -0.05) is 30.3 Å². The first-order valence-corrected chi connectivity index (χ1v) is 8.51. The Morgan fingerprint density at radius 2 is 1.73 bits per heavy atom. The summed E-state index contributed by atoms with van der Waals surface area (Å²) in [5.41, 5.74) is 6.54. The molecule has 22 heavy (non-hydrogen) atoms. The van der Waals surface area contributed by atoms with Crippen LogP contribution in [0, 0.1) is 0 Å². The number of rotatable bonds is 6. The van der Waals surface area contributed by atoms with Crippen molar-refractivity contribution in [2.75, 3.05) is 11.5 Å². The minimum absolute atomic E-state index is 0. The zero-order chi connectivity index (χ0) is 15.1. The Labute approximate surface area is 142 Å². The van der Waals surface area contributed by atoms with Gasteiger partial charge < -0.3 is 11.1 Å². The first kappa shape index (κ1) is 19.0. The van der Waals surface area contributed by atoms with Crippen molar-refractivity contribution in [1.82, 2.24) is 5.32 Å². The molecule has 1 fully saturated rings. The van der Waals surface area contributed by atoms with Gasteiger partial charge in [0.2, 0.25) is 5.91 Å². The fourth-order valence-electron chi connectivity index (χ4n) is 2.48. The number of amides is 1. The maximum absolute atomic E-state index is 11.9. The van der Waals surface area contributed by atoms with Crippen molar-refractivity contribution in [3.63, 3.8) is 0 Å². The molecular formula is C16H23ClN2O2S.